The standard InChI is InChI=1S/C26H21BrN2O2/c1-2-3-15-28-21-14-13-17(27)16-20(21)24(25(28)30)23-19-11-7-8-12-22(19)29(26(23)31)18-9-5-4-6-10-18/h4-14,16H,2-3,15H2,1H3/b24-23-. The van der Waals surface area contributed by atoms with Gasteiger partial charge in [0.15, 0.2) is 0 Å². The van der Waals surface area contributed by atoms with Crippen LogP contribution in [0.2, 0.25) is 0 Å². The normalized spacial score (nSPS) is 17.4. The Labute approximate surface area is 189 Å². The molecule has 0 saturated carbocycles. The van der Waals surface area contributed by atoms with E-state index in [0.29, 0.717) is 17.7 Å². The van der Waals surface area contributed by atoms with E-state index < -0.39 is 0 Å². The molecule has 0 unspecified atom stereocenters. The molecule has 0 saturated heterocycles. The second-order valence-electron chi connectivity index (χ2n) is 7.72. The molecule has 0 N–H and O–H groups in total. The summed E-state index contributed by atoms with van der Waals surface area (Å²) in [6, 6.07) is 23.1. The van der Waals surface area contributed by atoms with E-state index in [-0.39, 0.29) is 11.8 Å². The van der Waals surface area contributed by atoms with Crippen molar-refractivity contribution in [3.05, 3.63) is 88.4 Å². The summed E-state index contributed by atoms with van der Waals surface area (Å²) in [5.41, 5.74) is 5.03. The number of nitrogens with zero attached hydrogens (tertiary/aromatic N) is 2. The highest BCUT2D eigenvalue weighted by Crippen LogP contribution is 2.48. The lowest BCUT2D eigenvalue weighted by Gasteiger charge is -2.17. The van der Waals surface area contributed by atoms with E-state index in [0.717, 1.165) is 45.5 Å². The Morgan fingerprint density at radius 2 is 1.48 bits per heavy atom. The third kappa shape index (κ3) is 3.12. The molecule has 2 aliphatic rings. The summed E-state index contributed by atoms with van der Waals surface area (Å²) in [5.74, 6) is -0.270. The maximum Gasteiger partial charge on any atom is 0.264 e. The zero-order valence-corrected chi connectivity index (χ0v) is 18.7. The number of anilines is 3. The molecule has 3 aromatic carbocycles. The van der Waals surface area contributed by atoms with Gasteiger partial charge in [0.2, 0.25) is 0 Å². The van der Waals surface area contributed by atoms with Gasteiger partial charge in [0, 0.05) is 27.8 Å². The Morgan fingerprint density at radius 3 is 2.26 bits per heavy atom. The van der Waals surface area contributed by atoms with Crippen LogP contribution in [0.5, 0.6) is 0 Å². The van der Waals surface area contributed by atoms with Crippen LogP contribution in [0.4, 0.5) is 17.1 Å². The summed E-state index contributed by atoms with van der Waals surface area (Å²) < 4.78 is 0.883. The van der Waals surface area contributed by atoms with E-state index >= 15 is 0 Å². The van der Waals surface area contributed by atoms with Crippen LogP contribution in [0, 0.1) is 0 Å². The van der Waals surface area contributed by atoms with Gasteiger partial charge in [0.25, 0.3) is 11.8 Å². The van der Waals surface area contributed by atoms with E-state index in [9.17, 15) is 9.59 Å². The predicted molar refractivity (Wildman–Crippen MR) is 128 cm³/mol. The Balaban J connectivity index is 1.75. The maximum absolute atomic E-state index is 13.8. The number of para-hydroxylation sites is 2. The zero-order valence-electron chi connectivity index (χ0n) is 17.1. The van der Waals surface area contributed by atoms with Crippen LogP contribution in [0.15, 0.2) is 77.3 Å². The summed E-state index contributed by atoms with van der Waals surface area (Å²) in [6.45, 7) is 2.75. The van der Waals surface area contributed by atoms with Gasteiger partial charge in [-0.2, -0.15) is 0 Å². The van der Waals surface area contributed by atoms with Crippen molar-refractivity contribution in [2.45, 2.75) is 19.8 Å². The lowest BCUT2D eigenvalue weighted by atomic mass is 9.96. The molecular formula is C26H21BrN2O2. The average molecular weight is 473 g/mol. The minimum absolute atomic E-state index is 0.102. The minimum atomic E-state index is -0.168. The molecule has 2 amide bonds. The number of fused-ring (bicyclic) bond motifs is 2. The zero-order chi connectivity index (χ0) is 21.5. The number of unbranched alkanes of at least 4 members (excludes halogenated alkanes) is 1. The van der Waals surface area contributed by atoms with Gasteiger partial charge in [0.05, 0.1) is 22.5 Å². The lowest BCUT2D eigenvalue weighted by molar-refractivity contribution is -0.114. The first-order valence-electron chi connectivity index (χ1n) is 10.5. The Hall–Kier alpha value is -3.18. The second-order valence-corrected chi connectivity index (χ2v) is 8.63. The van der Waals surface area contributed by atoms with Crippen molar-refractivity contribution in [3.63, 3.8) is 0 Å². The number of amides is 2. The summed E-state index contributed by atoms with van der Waals surface area (Å²) >= 11 is 3.54. The Kier molecular flexibility index (Phi) is 4.98. The molecule has 4 nitrogen and oxygen atoms in total. The Morgan fingerprint density at radius 1 is 0.774 bits per heavy atom. The van der Waals surface area contributed by atoms with Crippen LogP contribution in [0.1, 0.15) is 30.9 Å². The molecular weight excluding hydrogens is 452 g/mol. The van der Waals surface area contributed by atoms with Gasteiger partial charge in [-0.1, -0.05) is 65.7 Å². The molecule has 0 aromatic heterocycles. The first-order valence-corrected chi connectivity index (χ1v) is 11.3. The number of carbonyl (C=O) groups excluding carboxylic acids is 2. The highest BCUT2D eigenvalue weighted by molar-refractivity contribution is 9.10. The topological polar surface area (TPSA) is 40.6 Å². The van der Waals surface area contributed by atoms with Crippen LogP contribution in [-0.4, -0.2) is 18.4 Å². The van der Waals surface area contributed by atoms with Crippen LogP contribution >= 0.6 is 15.9 Å². The molecule has 0 radical (unpaired) electrons. The van der Waals surface area contributed by atoms with E-state index in [1.54, 1.807) is 4.90 Å². The van der Waals surface area contributed by atoms with Gasteiger partial charge in [-0.3, -0.25) is 14.5 Å². The smallest absolute Gasteiger partial charge is 0.264 e. The molecule has 0 spiro atoms. The molecule has 5 heteroatoms. The largest absolute Gasteiger partial charge is 0.308 e. The van der Waals surface area contributed by atoms with Crippen molar-refractivity contribution >= 4 is 56.0 Å². The fraction of sp³-hybridized carbons (Fsp3) is 0.154. The van der Waals surface area contributed by atoms with E-state index in [1.165, 1.54) is 0 Å². The molecule has 154 valence electrons. The lowest BCUT2D eigenvalue weighted by Crippen LogP contribution is -2.28. The molecule has 31 heavy (non-hydrogen) atoms. The molecule has 0 bridgehead atoms. The number of carbonyl (C=O) groups is 2. The molecule has 5 rings (SSSR count). The van der Waals surface area contributed by atoms with Gasteiger partial charge in [0.1, 0.15) is 0 Å². The highest BCUT2D eigenvalue weighted by atomic mass is 79.9. The molecule has 3 aromatic rings. The number of hydrogen-bond acceptors (Lipinski definition) is 2. The summed E-state index contributed by atoms with van der Waals surface area (Å²) in [7, 11) is 0. The molecule has 0 atom stereocenters. The minimum Gasteiger partial charge on any atom is -0.308 e. The summed E-state index contributed by atoms with van der Waals surface area (Å²) in [6.07, 6.45) is 1.90. The first-order chi connectivity index (χ1) is 15.1. The third-order valence-electron chi connectivity index (χ3n) is 5.81. The van der Waals surface area contributed by atoms with Gasteiger partial charge in [-0.05, 0) is 42.8 Å². The predicted octanol–water partition coefficient (Wildman–Crippen LogP) is 6.18. The number of rotatable bonds is 4. The first kappa shape index (κ1) is 19.8. The number of halogens is 1. The van der Waals surface area contributed by atoms with Crippen molar-refractivity contribution in [3.8, 4) is 0 Å². The van der Waals surface area contributed by atoms with Crippen molar-refractivity contribution < 1.29 is 9.59 Å². The molecule has 2 aliphatic heterocycles. The van der Waals surface area contributed by atoms with E-state index in [4.69, 9.17) is 0 Å². The SMILES string of the molecule is CCCCN1C(=O)/C(=C2\C(=O)N(c3ccccc3)c3ccccc32)c2cc(Br)ccc21. The van der Waals surface area contributed by atoms with Crippen molar-refractivity contribution in [1.82, 2.24) is 0 Å². The quantitative estimate of drug-likeness (QED) is 0.425. The van der Waals surface area contributed by atoms with Gasteiger partial charge >= 0.3 is 0 Å². The van der Waals surface area contributed by atoms with E-state index in [1.807, 2.05) is 77.7 Å². The summed E-state index contributed by atoms with van der Waals surface area (Å²) in [5, 5.41) is 0. The Bertz CT molecular complexity index is 1230. The maximum atomic E-state index is 13.8. The summed E-state index contributed by atoms with van der Waals surface area (Å²) in [4.78, 5) is 31.0. The number of hydrogen-bond donors (Lipinski definition) is 0. The highest BCUT2D eigenvalue weighted by Gasteiger charge is 2.42. The second kappa shape index (κ2) is 7.82. The van der Waals surface area contributed by atoms with Gasteiger partial charge in [-0.25, -0.2) is 0 Å². The molecule has 0 fully saturated rings. The third-order valence-corrected chi connectivity index (χ3v) is 6.30. The van der Waals surface area contributed by atoms with Gasteiger partial charge < -0.3 is 4.90 Å². The van der Waals surface area contributed by atoms with Crippen LogP contribution in [0.3, 0.4) is 0 Å². The molecule has 0 aliphatic carbocycles. The van der Waals surface area contributed by atoms with Gasteiger partial charge in [-0.15, -0.1) is 0 Å². The van der Waals surface area contributed by atoms with Crippen molar-refractivity contribution in [2.24, 2.45) is 0 Å². The van der Waals surface area contributed by atoms with Crippen molar-refractivity contribution in [1.29, 1.82) is 0 Å². The molecule has 2 heterocycles. The number of benzene rings is 3. The average Bonchev–Trinajstić information content (AvgIpc) is 3.22. The monoisotopic (exact) mass is 472 g/mol. The fourth-order valence-electron chi connectivity index (χ4n) is 4.37. The van der Waals surface area contributed by atoms with Crippen molar-refractivity contribution in [2.75, 3.05) is 16.3 Å². The van der Waals surface area contributed by atoms with Crippen LogP contribution in [-0.2, 0) is 9.59 Å². The fourth-order valence-corrected chi connectivity index (χ4v) is 4.74. The van der Waals surface area contributed by atoms with E-state index in [2.05, 4.69) is 22.9 Å². The van der Waals surface area contributed by atoms with Crippen LogP contribution < -0.4 is 9.80 Å². The van der Waals surface area contributed by atoms with Crippen LogP contribution in [0.25, 0.3) is 11.1 Å².